The van der Waals surface area contributed by atoms with Gasteiger partial charge in [0, 0.05) is 17.5 Å². The van der Waals surface area contributed by atoms with E-state index in [0.29, 0.717) is 29.3 Å². The topological polar surface area (TPSA) is 117 Å². The zero-order valence-electron chi connectivity index (χ0n) is 24.4. The third-order valence-electron chi connectivity index (χ3n) is 6.13. The molecule has 0 aliphatic heterocycles. The monoisotopic (exact) mass is 573 g/mol. The van der Waals surface area contributed by atoms with Crippen molar-refractivity contribution in [2.75, 3.05) is 18.2 Å². The van der Waals surface area contributed by atoms with E-state index in [1.165, 1.54) is 17.0 Å². The highest BCUT2D eigenvalue weighted by Crippen LogP contribution is 2.30. The predicted octanol–water partition coefficient (Wildman–Crippen LogP) is 5.56. The van der Waals surface area contributed by atoms with E-state index in [-0.39, 0.29) is 11.5 Å². The molecule has 0 fully saturated rings. The Morgan fingerprint density at radius 2 is 1.68 bits per heavy atom. The molecule has 0 aliphatic carbocycles. The van der Waals surface area contributed by atoms with Gasteiger partial charge in [-0.05, 0) is 88.4 Å². The first-order chi connectivity index (χ1) is 18.7. The summed E-state index contributed by atoms with van der Waals surface area (Å²) in [5.41, 5.74) is 0.169. The maximum Gasteiger partial charge on any atom is 0.408 e. The highest BCUT2D eigenvalue weighted by molar-refractivity contribution is 7.80. The number of rotatable bonds is 12. The Balaban J connectivity index is 2.55. The van der Waals surface area contributed by atoms with Crippen LogP contribution in [0.5, 0.6) is 11.5 Å². The minimum absolute atomic E-state index is 0.0155. The number of carbonyl (C=O) groups is 3. The van der Waals surface area contributed by atoms with Crippen LogP contribution < -0.4 is 15.4 Å². The molecule has 0 heterocycles. The summed E-state index contributed by atoms with van der Waals surface area (Å²) in [4.78, 5) is 42.2. The second-order valence-electron chi connectivity index (χ2n) is 11.2. The quantitative estimate of drug-likeness (QED) is 0.247. The number of nitrogens with one attached hydrogen (secondary N) is 2. The van der Waals surface area contributed by atoms with Crippen LogP contribution in [0.25, 0.3) is 0 Å². The lowest BCUT2D eigenvalue weighted by Gasteiger charge is -2.38. The van der Waals surface area contributed by atoms with Gasteiger partial charge < -0.3 is 30.1 Å². The van der Waals surface area contributed by atoms with Crippen molar-refractivity contribution < 1.29 is 29.0 Å². The van der Waals surface area contributed by atoms with Gasteiger partial charge in [0.25, 0.3) is 5.91 Å². The van der Waals surface area contributed by atoms with Gasteiger partial charge in [-0.25, -0.2) is 4.79 Å². The van der Waals surface area contributed by atoms with E-state index in [1.807, 2.05) is 6.92 Å². The first-order valence-corrected chi connectivity index (χ1v) is 14.0. The van der Waals surface area contributed by atoms with E-state index in [9.17, 15) is 19.5 Å². The van der Waals surface area contributed by atoms with Crippen molar-refractivity contribution in [3.63, 3.8) is 0 Å². The van der Waals surface area contributed by atoms with E-state index in [2.05, 4.69) is 37.1 Å². The summed E-state index contributed by atoms with van der Waals surface area (Å²) in [6, 6.07) is 10.5. The molecule has 2 aromatic carbocycles. The lowest BCUT2D eigenvalue weighted by Crippen LogP contribution is -2.55. The molecular formula is C30H43N3O6S. The normalized spacial score (nSPS) is 13.6. The number of nitrogens with zero attached hydrogens (tertiary/aromatic N) is 1. The molecule has 0 radical (unpaired) electrons. The third kappa shape index (κ3) is 9.97. The van der Waals surface area contributed by atoms with Gasteiger partial charge in [-0.3, -0.25) is 9.59 Å². The Morgan fingerprint density at radius 3 is 2.20 bits per heavy atom. The molecular weight excluding hydrogens is 530 g/mol. The van der Waals surface area contributed by atoms with Crippen molar-refractivity contribution >= 4 is 36.2 Å². The SMILES string of the molecule is COc1ccc(NC(=O)C(c2cccc(O)c2)N(C(=O)C(CS)NC(=O)OC(C)(C)C)C(C)CCC(C)C)cc1. The Bertz CT molecular complexity index is 1130. The molecule has 10 heteroatoms. The molecule has 3 amide bonds. The van der Waals surface area contributed by atoms with Crippen LogP contribution in [0.1, 0.15) is 66.0 Å². The van der Waals surface area contributed by atoms with Gasteiger partial charge in [0.15, 0.2) is 0 Å². The van der Waals surface area contributed by atoms with Crippen LogP contribution in [-0.4, -0.2) is 58.5 Å². The van der Waals surface area contributed by atoms with Crippen molar-refractivity contribution in [3.05, 3.63) is 54.1 Å². The van der Waals surface area contributed by atoms with Crippen LogP contribution >= 0.6 is 12.6 Å². The molecule has 3 unspecified atom stereocenters. The molecule has 0 aromatic heterocycles. The van der Waals surface area contributed by atoms with Crippen molar-refractivity contribution in [1.29, 1.82) is 0 Å². The van der Waals surface area contributed by atoms with Crippen LogP contribution in [0.15, 0.2) is 48.5 Å². The number of thiol groups is 1. The number of carbonyl (C=O) groups excluding carboxylic acids is 3. The van der Waals surface area contributed by atoms with E-state index in [4.69, 9.17) is 9.47 Å². The molecule has 0 spiro atoms. The molecule has 2 aromatic rings. The molecule has 0 aliphatic rings. The van der Waals surface area contributed by atoms with E-state index in [1.54, 1.807) is 64.3 Å². The average Bonchev–Trinajstić information content (AvgIpc) is 2.87. The summed E-state index contributed by atoms with van der Waals surface area (Å²) in [6.45, 7) is 11.2. The van der Waals surface area contributed by atoms with Gasteiger partial charge >= 0.3 is 6.09 Å². The van der Waals surface area contributed by atoms with Crippen LogP contribution in [-0.2, 0) is 14.3 Å². The standard InChI is InChI=1S/C30H43N3O6S/c1-19(2)11-12-20(3)33(28(36)25(18-40)32-29(37)39-30(4,5)6)26(21-9-8-10-23(34)17-21)27(35)31-22-13-15-24(38-7)16-14-22/h8-10,13-17,19-20,25-26,34,40H,11-12,18H2,1-7H3,(H,31,35)(H,32,37). The first-order valence-electron chi connectivity index (χ1n) is 13.4. The summed E-state index contributed by atoms with van der Waals surface area (Å²) < 4.78 is 10.6. The summed E-state index contributed by atoms with van der Waals surface area (Å²) in [5, 5.41) is 15.8. The minimum Gasteiger partial charge on any atom is -0.508 e. The number of alkyl carbamates (subject to hydrolysis) is 1. The molecule has 0 bridgehead atoms. The van der Waals surface area contributed by atoms with E-state index in [0.717, 1.165) is 6.42 Å². The smallest absolute Gasteiger partial charge is 0.408 e. The fraction of sp³-hybridized carbons (Fsp3) is 0.500. The van der Waals surface area contributed by atoms with Gasteiger partial charge in [0.1, 0.15) is 29.2 Å². The van der Waals surface area contributed by atoms with Gasteiger partial charge in [-0.15, -0.1) is 0 Å². The number of hydrogen-bond donors (Lipinski definition) is 4. The zero-order valence-corrected chi connectivity index (χ0v) is 25.3. The van der Waals surface area contributed by atoms with Crippen LogP contribution in [0.3, 0.4) is 0 Å². The summed E-state index contributed by atoms with van der Waals surface area (Å²) >= 11 is 4.34. The molecule has 0 saturated heterocycles. The van der Waals surface area contributed by atoms with Gasteiger partial charge in [0.05, 0.1) is 7.11 Å². The molecule has 0 saturated carbocycles. The summed E-state index contributed by atoms with van der Waals surface area (Å²) in [6.07, 6.45) is 0.662. The molecule has 9 nitrogen and oxygen atoms in total. The third-order valence-corrected chi connectivity index (χ3v) is 6.50. The largest absolute Gasteiger partial charge is 0.508 e. The molecule has 2 rings (SSSR count). The summed E-state index contributed by atoms with van der Waals surface area (Å²) in [7, 11) is 1.55. The Kier molecular flexibility index (Phi) is 12.2. The molecule has 220 valence electrons. The highest BCUT2D eigenvalue weighted by atomic mass is 32.1. The van der Waals surface area contributed by atoms with Crippen molar-refractivity contribution in [2.24, 2.45) is 5.92 Å². The van der Waals surface area contributed by atoms with Crippen molar-refractivity contribution in [2.45, 2.75) is 78.1 Å². The first kappa shape index (κ1) is 32.8. The van der Waals surface area contributed by atoms with E-state index >= 15 is 0 Å². The second kappa shape index (κ2) is 14.8. The Labute approximate surface area is 243 Å². The number of phenolic OH excluding ortho intramolecular Hbond substituents is 1. The number of phenols is 1. The van der Waals surface area contributed by atoms with Gasteiger partial charge in [-0.1, -0.05) is 26.0 Å². The lowest BCUT2D eigenvalue weighted by molar-refractivity contribution is -0.143. The average molecular weight is 574 g/mol. The Hall–Kier alpha value is -3.40. The second-order valence-corrected chi connectivity index (χ2v) is 11.5. The number of benzene rings is 2. The van der Waals surface area contributed by atoms with Crippen LogP contribution in [0.2, 0.25) is 0 Å². The Morgan fingerprint density at radius 1 is 1.02 bits per heavy atom. The molecule has 3 N–H and O–H groups in total. The van der Waals surface area contributed by atoms with Crippen LogP contribution in [0.4, 0.5) is 10.5 Å². The van der Waals surface area contributed by atoms with Gasteiger partial charge in [0.2, 0.25) is 5.91 Å². The molecule has 40 heavy (non-hydrogen) atoms. The number of aromatic hydroxyl groups is 1. The van der Waals surface area contributed by atoms with Crippen LogP contribution in [0, 0.1) is 5.92 Å². The fourth-order valence-electron chi connectivity index (χ4n) is 4.15. The number of ether oxygens (including phenoxy) is 2. The van der Waals surface area contributed by atoms with E-state index < -0.39 is 41.6 Å². The number of methoxy groups -OCH3 is 1. The summed E-state index contributed by atoms with van der Waals surface area (Å²) in [5.74, 6) is -0.0253. The zero-order chi connectivity index (χ0) is 30.0. The number of anilines is 1. The van der Waals surface area contributed by atoms with Crippen molar-refractivity contribution in [3.8, 4) is 11.5 Å². The number of hydrogen-bond acceptors (Lipinski definition) is 7. The maximum absolute atomic E-state index is 14.1. The molecule has 3 atom stereocenters. The lowest BCUT2D eigenvalue weighted by atomic mass is 9.97. The predicted molar refractivity (Wildman–Crippen MR) is 160 cm³/mol. The number of amides is 3. The maximum atomic E-state index is 14.1. The van der Waals surface area contributed by atoms with Crippen molar-refractivity contribution in [1.82, 2.24) is 10.2 Å². The fourth-order valence-corrected chi connectivity index (χ4v) is 4.39. The van der Waals surface area contributed by atoms with Gasteiger partial charge in [-0.2, -0.15) is 12.6 Å². The highest BCUT2D eigenvalue weighted by Gasteiger charge is 2.38. The minimum atomic E-state index is -1.12.